The number of nitrogens with one attached hydrogen (secondary N) is 1. The van der Waals surface area contributed by atoms with Crippen molar-refractivity contribution in [2.24, 2.45) is 17.8 Å². The van der Waals surface area contributed by atoms with E-state index in [1.54, 1.807) is 0 Å². The van der Waals surface area contributed by atoms with Crippen molar-refractivity contribution in [2.45, 2.75) is 76.9 Å². The number of hydrogen-bond donors (Lipinski definition) is 1. The first-order valence-corrected chi connectivity index (χ1v) is 11.5. The molecule has 3 heteroatoms. The molecule has 1 fully saturated rings. The highest BCUT2D eigenvalue weighted by atomic mass is 16.5. The quantitative estimate of drug-likeness (QED) is 0.665. The van der Waals surface area contributed by atoms with Crippen LogP contribution >= 0.6 is 0 Å². The van der Waals surface area contributed by atoms with Gasteiger partial charge in [0.15, 0.2) is 0 Å². The van der Waals surface area contributed by atoms with Crippen LogP contribution in [0.1, 0.15) is 64.7 Å². The zero-order valence-electron chi connectivity index (χ0n) is 17.1. The normalized spacial score (nSPS) is 35.8. The van der Waals surface area contributed by atoms with E-state index in [0.29, 0.717) is 12.2 Å². The minimum absolute atomic E-state index is 0.542. The van der Waals surface area contributed by atoms with Crippen molar-refractivity contribution in [3.8, 4) is 0 Å². The van der Waals surface area contributed by atoms with Gasteiger partial charge in [0.25, 0.3) is 0 Å². The molecular formula is C24H38N2O. The Labute approximate surface area is 165 Å². The van der Waals surface area contributed by atoms with Crippen LogP contribution in [0.3, 0.4) is 0 Å². The Hall–Kier alpha value is -1.06. The summed E-state index contributed by atoms with van der Waals surface area (Å²) in [6.07, 6.45) is 24.5. The molecule has 0 aromatic carbocycles. The lowest BCUT2D eigenvalue weighted by Crippen LogP contribution is -2.52. The van der Waals surface area contributed by atoms with Gasteiger partial charge in [0.1, 0.15) is 0 Å². The molecule has 150 valence electrons. The first-order chi connectivity index (χ1) is 13.4. The molecule has 1 saturated heterocycles. The fourth-order valence-electron chi connectivity index (χ4n) is 5.86. The van der Waals surface area contributed by atoms with Gasteiger partial charge in [-0.1, -0.05) is 24.3 Å². The molecule has 1 aliphatic heterocycles. The van der Waals surface area contributed by atoms with Crippen molar-refractivity contribution < 1.29 is 4.74 Å². The minimum Gasteiger partial charge on any atom is -0.499 e. The smallest absolute Gasteiger partial charge is 0.0920 e. The fourth-order valence-corrected chi connectivity index (χ4v) is 5.86. The average Bonchev–Trinajstić information content (AvgIpc) is 3.20. The van der Waals surface area contributed by atoms with E-state index in [-0.39, 0.29) is 0 Å². The van der Waals surface area contributed by atoms with E-state index in [1.165, 1.54) is 57.2 Å². The minimum atomic E-state index is 0.542. The van der Waals surface area contributed by atoms with Crippen LogP contribution in [-0.4, -0.2) is 36.8 Å². The summed E-state index contributed by atoms with van der Waals surface area (Å²) >= 11 is 0. The molecule has 0 saturated carbocycles. The average molecular weight is 371 g/mol. The zero-order chi connectivity index (χ0) is 18.5. The second-order valence-electron chi connectivity index (χ2n) is 8.81. The predicted molar refractivity (Wildman–Crippen MR) is 112 cm³/mol. The van der Waals surface area contributed by atoms with Gasteiger partial charge in [0.2, 0.25) is 0 Å². The molecule has 4 atom stereocenters. The van der Waals surface area contributed by atoms with Crippen LogP contribution in [0.15, 0.2) is 36.1 Å². The van der Waals surface area contributed by atoms with Gasteiger partial charge in [0, 0.05) is 25.6 Å². The van der Waals surface area contributed by atoms with Crippen LogP contribution in [0.25, 0.3) is 0 Å². The molecule has 0 amide bonds. The Morgan fingerprint density at radius 2 is 1.85 bits per heavy atom. The fraction of sp³-hybridized carbons (Fsp3) is 0.750. The highest BCUT2D eigenvalue weighted by Crippen LogP contribution is 2.38. The van der Waals surface area contributed by atoms with Crippen molar-refractivity contribution in [2.75, 3.05) is 19.7 Å². The molecule has 4 unspecified atom stereocenters. The van der Waals surface area contributed by atoms with Gasteiger partial charge in [-0.05, 0) is 82.1 Å². The van der Waals surface area contributed by atoms with Crippen molar-refractivity contribution in [3.05, 3.63) is 36.1 Å². The van der Waals surface area contributed by atoms with Gasteiger partial charge >= 0.3 is 0 Å². The van der Waals surface area contributed by atoms with Crippen LogP contribution < -0.4 is 5.32 Å². The second-order valence-corrected chi connectivity index (χ2v) is 8.81. The summed E-state index contributed by atoms with van der Waals surface area (Å²) in [6.45, 7) is 5.25. The van der Waals surface area contributed by atoms with Crippen LogP contribution in [0.2, 0.25) is 0 Å². The standard InChI is InChI=1S/C24H38N2O/c1-2-27-22-15-13-21(14-16-22)24-25-17-18-26(24)23(19-9-5-3-6-10-19)20-11-7-4-8-12-20/h5,7,9,11,15,19-21,23-25H,2-4,6,8,10,12-14,16-18H2,1H3. The van der Waals surface area contributed by atoms with E-state index < -0.39 is 0 Å². The third kappa shape index (κ3) is 4.51. The summed E-state index contributed by atoms with van der Waals surface area (Å²) in [5.74, 6) is 3.40. The summed E-state index contributed by atoms with van der Waals surface area (Å²) in [6, 6.07) is 0.676. The summed E-state index contributed by atoms with van der Waals surface area (Å²) in [7, 11) is 0. The Bertz CT molecular complexity index is 543. The van der Waals surface area contributed by atoms with Crippen molar-refractivity contribution in [1.82, 2.24) is 10.2 Å². The van der Waals surface area contributed by atoms with Crippen molar-refractivity contribution >= 4 is 0 Å². The Balaban J connectivity index is 1.51. The van der Waals surface area contributed by atoms with Gasteiger partial charge in [-0.3, -0.25) is 4.90 Å². The molecule has 0 aromatic heterocycles. The highest BCUT2D eigenvalue weighted by molar-refractivity contribution is 5.10. The van der Waals surface area contributed by atoms with Crippen molar-refractivity contribution in [3.63, 3.8) is 0 Å². The second kappa shape index (κ2) is 9.43. The van der Waals surface area contributed by atoms with E-state index in [1.807, 2.05) is 0 Å². The maximum Gasteiger partial charge on any atom is 0.0920 e. The topological polar surface area (TPSA) is 24.5 Å². The van der Waals surface area contributed by atoms with E-state index in [9.17, 15) is 0 Å². The van der Waals surface area contributed by atoms with Gasteiger partial charge in [-0.15, -0.1) is 0 Å². The molecule has 0 spiro atoms. The predicted octanol–water partition coefficient (Wildman–Crippen LogP) is 5.02. The highest BCUT2D eigenvalue weighted by Gasteiger charge is 2.41. The maximum absolute atomic E-state index is 5.77. The molecule has 27 heavy (non-hydrogen) atoms. The molecule has 0 radical (unpaired) electrons. The van der Waals surface area contributed by atoms with Gasteiger partial charge < -0.3 is 10.1 Å². The van der Waals surface area contributed by atoms with E-state index in [0.717, 1.165) is 43.7 Å². The number of allylic oxidation sites excluding steroid dienone is 4. The Kier molecular flexibility index (Phi) is 6.73. The molecule has 1 heterocycles. The molecule has 3 aliphatic carbocycles. The Morgan fingerprint density at radius 1 is 1.11 bits per heavy atom. The lowest BCUT2D eigenvalue weighted by molar-refractivity contribution is 0.0574. The van der Waals surface area contributed by atoms with Crippen LogP contribution in [0.4, 0.5) is 0 Å². The lowest BCUT2D eigenvalue weighted by Gasteiger charge is -2.44. The van der Waals surface area contributed by atoms with Gasteiger partial charge in [-0.25, -0.2) is 0 Å². The number of hydrogen-bond acceptors (Lipinski definition) is 3. The SMILES string of the molecule is CCOC1=CCC(C2NCCN2C(C2C=CCCC2)C2C=CCCC2)CC1. The molecule has 4 rings (SSSR count). The Morgan fingerprint density at radius 3 is 2.41 bits per heavy atom. The van der Waals surface area contributed by atoms with E-state index in [4.69, 9.17) is 4.74 Å². The summed E-state index contributed by atoms with van der Waals surface area (Å²) in [5, 5.41) is 3.89. The molecule has 4 aliphatic rings. The van der Waals surface area contributed by atoms with Gasteiger partial charge in [-0.2, -0.15) is 0 Å². The van der Waals surface area contributed by atoms with Crippen LogP contribution in [-0.2, 0) is 4.74 Å². The third-order valence-electron chi connectivity index (χ3n) is 7.11. The monoisotopic (exact) mass is 370 g/mol. The molecule has 0 aromatic rings. The van der Waals surface area contributed by atoms with Crippen LogP contribution in [0, 0.1) is 17.8 Å². The van der Waals surface area contributed by atoms with Gasteiger partial charge in [0.05, 0.1) is 18.5 Å². The largest absolute Gasteiger partial charge is 0.499 e. The molecule has 1 N–H and O–H groups in total. The first kappa shape index (κ1) is 19.3. The molecular weight excluding hydrogens is 332 g/mol. The number of ether oxygens (including phenoxy) is 1. The number of rotatable bonds is 6. The molecule has 3 nitrogen and oxygen atoms in total. The summed E-state index contributed by atoms with van der Waals surface area (Å²) < 4.78 is 5.77. The maximum atomic E-state index is 5.77. The van der Waals surface area contributed by atoms with Crippen LogP contribution in [0.5, 0.6) is 0 Å². The molecule has 0 bridgehead atoms. The van der Waals surface area contributed by atoms with Crippen molar-refractivity contribution in [1.29, 1.82) is 0 Å². The first-order valence-electron chi connectivity index (χ1n) is 11.5. The lowest BCUT2D eigenvalue weighted by atomic mass is 9.77. The zero-order valence-corrected chi connectivity index (χ0v) is 17.1. The summed E-state index contributed by atoms with van der Waals surface area (Å²) in [4.78, 5) is 2.88. The third-order valence-corrected chi connectivity index (χ3v) is 7.11. The number of nitrogens with zero attached hydrogens (tertiary/aromatic N) is 1. The van der Waals surface area contributed by atoms with E-state index in [2.05, 4.69) is 47.5 Å². The summed E-state index contributed by atoms with van der Waals surface area (Å²) in [5.41, 5.74) is 0. The van der Waals surface area contributed by atoms with E-state index >= 15 is 0 Å².